The molecule has 1 saturated heterocycles. The Morgan fingerprint density at radius 3 is 2.74 bits per heavy atom. The van der Waals surface area contributed by atoms with Gasteiger partial charge in [-0.05, 0) is 62.7 Å². The minimum Gasteiger partial charge on any atom is -0.497 e. The van der Waals surface area contributed by atoms with Crippen molar-refractivity contribution in [2.45, 2.75) is 32.4 Å². The smallest absolute Gasteiger partial charge is 0.119 e. The van der Waals surface area contributed by atoms with Crippen LogP contribution in [-0.2, 0) is 6.54 Å². The fraction of sp³-hybridized carbons (Fsp3) is 0.474. The molecule has 0 bridgehead atoms. The van der Waals surface area contributed by atoms with E-state index in [2.05, 4.69) is 47.5 Å². The number of nitrogens with one attached hydrogen (secondary N) is 1. The Labute approximate surface area is 143 Å². The normalized spacial score (nSPS) is 16.6. The van der Waals surface area contributed by atoms with Gasteiger partial charge >= 0.3 is 0 Å². The molecular formula is C19H26N2OS. The Kier molecular flexibility index (Phi) is 5.70. The SMILES string of the molecule is COc1cccc(C(CNCc2ccc(C)s2)N2CCCC2)c1. The Balaban J connectivity index is 1.67. The zero-order chi connectivity index (χ0) is 16.1. The summed E-state index contributed by atoms with van der Waals surface area (Å²) in [6.45, 7) is 6.48. The van der Waals surface area contributed by atoms with Gasteiger partial charge in [-0.15, -0.1) is 11.3 Å². The van der Waals surface area contributed by atoms with Crippen LogP contribution < -0.4 is 10.1 Å². The van der Waals surface area contributed by atoms with E-state index in [1.807, 2.05) is 17.4 Å². The van der Waals surface area contributed by atoms with Crippen molar-refractivity contribution in [2.75, 3.05) is 26.7 Å². The number of nitrogens with zero attached hydrogens (tertiary/aromatic N) is 1. The van der Waals surface area contributed by atoms with Crippen LogP contribution in [-0.4, -0.2) is 31.6 Å². The predicted molar refractivity (Wildman–Crippen MR) is 97.3 cm³/mol. The first-order valence-corrected chi connectivity index (χ1v) is 9.22. The van der Waals surface area contributed by atoms with Crippen molar-refractivity contribution in [2.24, 2.45) is 0 Å². The number of likely N-dealkylation sites (tertiary alicyclic amines) is 1. The number of hydrogen-bond donors (Lipinski definition) is 1. The van der Waals surface area contributed by atoms with E-state index in [9.17, 15) is 0 Å². The van der Waals surface area contributed by atoms with Crippen LogP contribution in [0.1, 0.15) is 34.2 Å². The van der Waals surface area contributed by atoms with E-state index in [0.29, 0.717) is 6.04 Å². The molecule has 23 heavy (non-hydrogen) atoms. The summed E-state index contributed by atoms with van der Waals surface area (Å²) in [6.07, 6.45) is 2.62. The molecule has 1 aliphatic rings. The van der Waals surface area contributed by atoms with Gasteiger partial charge in [-0.3, -0.25) is 4.90 Å². The molecule has 0 saturated carbocycles. The third-order valence-electron chi connectivity index (χ3n) is 4.49. The van der Waals surface area contributed by atoms with Crippen LogP contribution in [0.15, 0.2) is 36.4 Å². The van der Waals surface area contributed by atoms with Crippen molar-refractivity contribution in [1.29, 1.82) is 0 Å². The molecule has 1 fully saturated rings. The molecule has 0 spiro atoms. The number of rotatable bonds is 7. The second-order valence-corrected chi connectivity index (χ2v) is 7.55. The quantitative estimate of drug-likeness (QED) is 0.831. The second-order valence-electron chi connectivity index (χ2n) is 6.18. The third-order valence-corrected chi connectivity index (χ3v) is 5.49. The highest BCUT2D eigenvalue weighted by Gasteiger charge is 2.23. The summed E-state index contributed by atoms with van der Waals surface area (Å²) in [5, 5.41) is 3.66. The van der Waals surface area contributed by atoms with Gasteiger partial charge in [0.25, 0.3) is 0 Å². The number of benzene rings is 1. The molecule has 1 N–H and O–H groups in total. The number of aryl methyl sites for hydroxylation is 1. The van der Waals surface area contributed by atoms with Gasteiger partial charge in [-0.2, -0.15) is 0 Å². The van der Waals surface area contributed by atoms with E-state index in [1.165, 1.54) is 41.2 Å². The third kappa shape index (κ3) is 4.34. The molecule has 0 amide bonds. The Morgan fingerprint density at radius 1 is 1.22 bits per heavy atom. The van der Waals surface area contributed by atoms with Crippen molar-refractivity contribution in [3.8, 4) is 5.75 Å². The lowest BCUT2D eigenvalue weighted by Crippen LogP contribution is -2.33. The van der Waals surface area contributed by atoms with Crippen LogP contribution in [0.5, 0.6) is 5.75 Å². The van der Waals surface area contributed by atoms with Gasteiger partial charge in [0.05, 0.1) is 7.11 Å². The lowest BCUT2D eigenvalue weighted by molar-refractivity contribution is 0.238. The largest absolute Gasteiger partial charge is 0.497 e. The van der Waals surface area contributed by atoms with Gasteiger partial charge in [0.2, 0.25) is 0 Å². The number of hydrogen-bond acceptors (Lipinski definition) is 4. The first-order valence-electron chi connectivity index (χ1n) is 8.40. The molecule has 0 radical (unpaired) electrons. The van der Waals surface area contributed by atoms with Gasteiger partial charge in [0.1, 0.15) is 5.75 Å². The fourth-order valence-corrected chi connectivity index (χ4v) is 4.13. The molecule has 3 nitrogen and oxygen atoms in total. The minimum absolute atomic E-state index is 0.425. The lowest BCUT2D eigenvalue weighted by Gasteiger charge is -2.28. The molecular weight excluding hydrogens is 304 g/mol. The predicted octanol–water partition coefficient (Wildman–Crippen LogP) is 3.99. The summed E-state index contributed by atoms with van der Waals surface area (Å²) >= 11 is 1.88. The summed E-state index contributed by atoms with van der Waals surface area (Å²) in [6, 6.07) is 13.4. The molecule has 1 aliphatic heterocycles. The highest BCUT2D eigenvalue weighted by molar-refractivity contribution is 7.11. The molecule has 4 heteroatoms. The molecule has 2 aromatic rings. The monoisotopic (exact) mass is 330 g/mol. The fourth-order valence-electron chi connectivity index (χ4n) is 3.27. The molecule has 1 aromatic carbocycles. The summed E-state index contributed by atoms with van der Waals surface area (Å²) in [4.78, 5) is 5.39. The van der Waals surface area contributed by atoms with Crippen LogP contribution in [0.4, 0.5) is 0 Å². The number of thiophene rings is 1. The van der Waals surface area contributed by atoms with E-state index in [1.54, 1.807) is 7.11 Å². The molecule has 124 valence electrons. The summed E-state index contributed by atoms with van der Waals surface area (Å²) in [7, 11) is 1.74. The average Bonchev–Trinajstić information content (AvgIpc) is 3.23. The highest BCUT2D eigenvalue weighted by Crippen LogP contribution is 2.27. The van der Waals surface area contributed by atoms with Gasteiger partial charge in [-0.25, -0.2) is 0 Å². The average molecular weight is 330 g/mol. The Hall–Kier alpha value is -1.36. The summed E-state index contributed by atoms with van der Waals surface area (Å²) in [5.41, 5.74) is 1.35. The maximum atomic E-state index is 5.41. The van der Waals surface area contributed by atoms with E-state index in [-0.39, 0.29) is 0 Å². The molecule has 3 rings (SSSR count). The van der Waals surface area contributed by atoms with Crippen molar-refractivity contribution >= 4 is 11.3 Å². The lowest BCUT2D eigenvalue weighted by atomic mass is 10.0. The number of ether oxygens (including phenoxy) is 1. The molecule has 1 aromatic heterocycles. The molecule has 1 atom stereocenters. The van der Waals surface area contributed by atoms with Crippen LogP contribution in [0, 0.1) is 6.92 Å². The van der Waals surface area contributed by atoms with Crippen molar-refractivity contribution in [1.82, 2.24) is 10.2 Å². The van der Waals surface area contributed by atoms with E-state index >= 15 is 0 Å². The van der Waals surface area contributed by atoms with Crippen LogP contribution in [0.2, 0.25) is 0 Å². The van der Waals surface area contributed by atoms with Crippen molar-refractivity contribution in [3.63, 3.8) is 0 Å². The standard InChI is InChI=1S/C19H26N2OS/c1-15-8-9-18(23-15)13-20-14-19(21-10-3-4-11-21)16-6-5-7-17(12-16)22-2/h5-9,12,19-20H,3-4,10-11,13-14H2,1-2H3. The van der Waals surface area contributed by atoms with Gasteiger partial charge in [0, 0.05) is 28.9 Å². The first-order chi connectivity index (χ1) is 11.3. The van der Waals surface area contributed by atoms with E-state index < -0.39 is 0 Å². The minimum atomic E-state index is 0.425. The van der Waals surface area contributed by atoms with Gasteiger partial charge in [0.15, 0.2) is 0 Å². The van der Waals surface area contributed by atoms with Gasteiger partial charge in [-0.1, -0.05) is 12.1 Å². The van der Waals surface area contributed by atoms with Crippen LogP contribution in [0.3, 0.4) is 0 Å². The zero-order valence-corrected chi connectivity index (χ0v) is 14.9. The Morgan fingerprint density at radius 2 is 2.04 bits per heavy atom. The van der Waals surface area contributed by atoms with E-state index in [0.717, 1.165) is 18.8 Å². The molecule has 1 unspecified atom stereocenters. The summed E-state index contributed by atoms with van der Waals surface area (Å²) in [5.74, 6) is 0.945. The van der Waals surface area contributed by atoms with Crippen molar-refractivity contribution < 1.29 is 4.74 Å². The topological polar surface area (TPSA) is 24.5 Å². The second kappa shape index (κ2) is 7.95. The van der Waals surface area contributed by atoms with Gasteiger partial charge < -0.3 is 10.1 Å². The zero-order valence-electron chi connectivity index (χ0n) is 14.0. The number of methoxy groups -OCH3 is 1. The Bertz CT molecular complexity index is 619. The highest BCUT2D eigenvalue weighted by atomic mass is 32.1. The van der Waals surface area contributed by atoms with Crippen LogP contribution >= 0.6 is 11.3 Å². The van der Waals surface area contributed by atoms with Crippen LogP contribution in [0.25, 0.3) is 0 Å². The van der Waals surface area contributed by atoms with Crippen molar-refractivity contribution in [3.05, 3.63) is 51.7 Å². The first kappa shape index (κ1) is 16.5. The maximum Gasteiger partial charge on any atom is 0.119 e. The van der Waals surface area contributed by atoms with E-state index in [4.69, 9.17) is 4.74 Å². The maximum absolute atomic E-state index is 5.41. The molecule has 2 heterocycles. The molecule has 0 aliphatic carbocycles. The summed E-state index contributed by atoms with van der Waals surface area (Å²) < 4.78 is 5.41.